The number of aliphatic hydroxyl groups is 1. The molecule has 8 nitrogen and oxygen atoms in total. The number of nitrogens with one attached hydrogen (secondary N) is 1. The van der Waals surface area contributed by atoms with Crippen LogP contribution >= 0.6 is 0 Å². The van der Waals surface area contributed by atoms with Gasteiger partial charge in [-0.3, -0.25) is 9.80 Å². The van der Waals surface area contributed by atoms with Crippen LogP contribution in [0.2, 0.25) is 0 Å². The molecule has 7 rings (SSSR count). The van der Waals surface area contributed by atoms with Gasteiger partial charge >= 0.3 is 0 Å². The fraction of sp³-hybridized carbons (Fsp3) is 0.286. The van der Waals surface area contributed by atoms with Crippen LogP contribution < -0.4 is 4.72 Å². The molecular weight excluding hydrogens is 659 g/mol. The molecule has 0 spiro atoms. The Morgan fingerprint density at radius 3 is 2.00 bits per heavy atom. The van der Waals surface area contributed by atoms with Crippen molar-refractivity contribution in [2.75, 3.05) is 32.7 Å². The molecule has 0 amide bonds. The molecule has 2 saturated heterocycles. The van der Waals surface area contributed by atoms with E-state index in [0.717, 1.165) is 79.1 Å². The van der Waals surface area contributed by atoms with E-state index in [9.17, 15) is 13.5 Å². The van der Waals surface area contributed by atoms with Crippen molar-refractivity contribution in [2.45, 2.75) is 49.5 Å². The SMILES string of the molecule is O=S(=O)(NCc1ccccc1-c1ccc([C@@H]2O[C@H](CN3CCN(Cc4ccccc4)CC3)C[C@H](c3ccc(CO)cc3)O2)cc1)c1ccccc1. The van der Waals surface area contributed by atoms with Gasteiger partial charge in [-0.25, -0.2) is 13.1 Å². The topological polar surface area (TPSA) is 91.3 Å². The van der Waals surface area contributed by atoms with Gasteiger partial charge in [-0.05, 0) is 45.5 Å². The number of aliphatic hydroxyl groups excluding tert-OH is 1. The van der Waals surface area contributed by atoms with Crippen LogP contribution in [-0.2, 0) is 39.2 Å². The number of ether oxygens (including phenoxy) is 2. The minimum Gasteiger partial charge on any atom is -0.392 e. The first-order chi connectivity index (χ1) is 24.9. The number of hydrogen-bond donors (Lipinski definition) is 2. The lowest BCUT2D eigenvalue weighted by atomic mass is 9.97. The van der Waals surface area contributed by atoms with E-state index in [4.69, 9.17) is 9.47 Å². The molecule has 2 aliphatic heterocycles. The number of nitrogens with zero attached hydrogens (tertiary/aromatic N) is 2. The molecule has 0 bridgehead atoms. The average molecular weight is 704 g/mol. The highest BCUT2D eigenvalue weighted by atomic mass is 32.2. The van der Waals surface area contributed by atoms with Crippen LogP contribution in [0.25, 0.3) is 11.1 Å². The van der Waals surface area contributed by atoms with Crippen molar-refractivity contribution in [3.63, 3.8) is 0 Å². The number of hydrogen-bond acceptors (Lipinski definition) is 7. The highest BCUT2D eigenvalue weighted by Gasteiger charge is 2.34. The van der Waals surface area contributed by atoms with Crippen molar-refractivity contribution in [1.82, 2.24) is 14.5 Å². The van der Waals surface area contributed by atoms with Gasteiger partial charge in [0.1, 0.15) is 0 Å². The fourth-order valence-electron chi connectivity index (χ4n) is 6.92. The van der Waals surface area contributed by atoms with E-state index in [1.54, 1.807) is 30.3 Å². The fourth-order valence-corrected chi connectivity index (χ4v) is 7.95. The summed E-state index contributed by atoms with van der Waals surface area (Å²) in [4.78, 5) is 5.26. The summed E-state index contributed by atoms with van der Waals surface area (Å²) in [5.41, 5.74) is 7.03. The highest BCUT2D eigenvalue weighted by molar-refractivity contribution is 7.89. The van der Waals surface area contributed by atoms with Gasteiger partial charge in [0.25, 0.3) is 0 Å². The second kappa shape index (κ2) is 16.4. The standard InChI is InChI=1S/C42H45N3O5S/c46-31-33-15-17-35(18-16-33)41-27-38(30-45-25-23-44(24-26-45)29-32-9-3-1-4-10-32)49-42(50-41)36-21-19-34(20-22-36)40-14-8-7-11-37(40)28-43-51(47,48)39-12-5-2-6-13-39/h1-22,38,41-43,46H,23-31H2/t38-,41+,42+/m0/s1. The second-order valence-corrected chi connectivity index (χ2v) is 15.1. The van der Waals surface area contributed by atoms with Crippen LogP contribution in [0.15, 0.2) is 138 Å². The molecule has 5 aromatic carbocycles. The third kappa shape index (κ3) is 9.01. The van der Waals surface area contributed by atoms with Crippen LogP contribution in [0.1, 0.15) is 46.6 Å². The zero-order chi connectivity index (χ0) is 35.0. The zero-order valence-electron chi connectivity index (χ0n) is 28.7. The molecule has 5 aromatic rings. The number of benzene rings is 5. The van der Waals surface area contributed by atoms with Crippen molar-refractivity contribution >= 4 is 10.0 Å². The molecule has 2 aliphatic rings. The Labute approximate surface area is 301 Å². The van der Waals surface area contributed by atoms with Gasteiger partial charge in [0.2, 0.25) is 10.0 Å². The normalized spacial score (nSPS) is 20.3. The van der Waals surface area contributed by atoms with E-state index in [0.29, 0.717) is 0 Å². The lowest BCUT2D eigenvalue weighted by Gasteiger charge is -2.40. The van der Waals surface area contributed by atoms with Gasteiger partial charge in [0.15, 0.2) is 6.29 Å². The lowest BCUT2D eigenvalue weighted by molar-refractivity contribution is -0.253. The summed E-state index contributed by atoms with van der Waals surface area (Å²) in [6.07, 6.45) is 0.0142. The molecule has 2 heterocycles. The summed E-state index contributed by atoms with van der Waals surface area (Å²) in [5, 5.41) is 9.60. The van der Waals surface area contributed by atoms with Crippen molar-refractivity contribution < 1.29 is 23.0 Å². The molecule has 9 heteroatoms. The van der Waals surface area contributed by atoms with Crippen LogP contribution in [0.5, 0.6) is 0 Å². The number of sulfonamides is 1. The summed E-state index contributed by atoms with van der Waals surface area (Å²) in [6.45, 7) is 5.99. The molecule has 0 aliphatic carbocycles. The minimum absolute atomic E-state index is 0.00476. The van der Waals surface area contributed by atoms with E-state index < -0.39 is 16.3 Å². The molecule has 3 atom stereocenters. The maximum Gasteiger partial charge on any atom is 0.240 e. The molecule has 51 heavy (non-hydrogen) atoms. The Bertz CT molecular complexity index is 1950. The summed E-state index contributed by atoms with van der Waals surface area (Å²) in [7, 11) is -3.64. The quantitative estimate of drug-likeness (QED) is 0.150. The molecule has 0 radical (unpaired) electrons. The first kappa shape index (κ1) is 35.2. The summed E-state index contributed by atoms with van der Waals surface area (Å²) in [5.74, 6) is 0. The first-order valence-electron chi connectivity index (χ1n) is 17.7. The second-order valence-electron chi connectivity index (χ2n) is 13.3. The van der Waals surface area contributed by atoms with Crippen molar-refractivity contribution in [3.05, 3.63) is 161 Å². The maximum absolute atomic E-state index is 12.9. The maximum atomic E-state index is 12.9. The largest absolute Gasteiger partial charge is 0.392 e. The molecule has 2 N–H and O–H groups in total. The van der Waals surface area contributed by atoms with Crippen LogP contribution in [0, 0.1) is 0 Å². The monoisotopic (exact) mass is 703 g/mol. The average Bonchev–Trinajstić information content (AvgIpc) is 3.19. The van der Waals surface area contributed by atoms with Crippen LogP contribution in [0.3, 0.4) is 0 Å². The summed E-state index contributed by atoms with van der Waals surface area (Å²) in [6, 6.07) is 43.1. The molecular formula is C42H45N3O5S. The van der Waals surface area contributed by atoms with Gasteiger partial charge in [-0.2, -0.15) is 0 Å². The predicted molar refractivity (Wildman–Crippen MR) is 199 cm³/mol. The minimum atomic E-state index is -3.64. The van der Waals surface area contributed by atoms with E-state index >= 15 is 0 Å². The van der Waals surface area contributed by atoms with Gasteiger partial charge in [-0.1, -0.05) is 121 Å². The Kier molecular flexibility index (Phi) is 11.4. The van der Waals surface area contributed by atoms with E-state index in [1.165, 1.54) is 5.56 Å². The van der Waals surface area contributed by atoms with E-state index in [1.807, 2.05) is 72.8 Å². The van der Waals surface area contributed by atoms with Crippen molar-refractivity contribution in [2.24, 2.45) is 0 Å². The zero-order valence-corrected chi connectivity index (χ0v) is 29.5. The Morgan fingerprint density at radius 2 is 1.29 bits per heavy atom. The Balaban J connectivity index is 1.04. The third-order valence-electron chi connectivity index (χ3n) is 9.81. The summed E-state index contributed by atoms with van der Waals surface area (Å²) >= 11 is 0. The predicted octanol–water partition coefficient (Wildman–Crippen LogP) is 6.69. The van der Waals surface area contributed by atoms with Crippen molar-refractivity contribution in [1.29, 1.82) is 0 Å². The molecule has 0 unspecified atom stereocenters. The molecule has 0 aromatic heterocycles. The summed E-state index contributed by atoms with van der Waals surface area (Å²) < 4.78 is 41.9. The smallest absolute Gasteiger partial charge is 0.240 e. The lowest BCUT2D eigenvalue weighted by Crippen LogP contribution is -2.49. The number of piperazine rings is 1. The van der Waals surface area contributed by atoms with Crippen LogP contribution in [-0.4, -0.2) is 62.2 Å². The molecule has 0 saturated carbocycles. The van der Waals surface area contributed by atoms with Gasteiger partial charge < -0.3 is 14.6 Å². The number of rotatable bonds is 12. The van der Waals surface area contributed by atoms with Crippen molar-refractivity contribution in [3.8, 4) is 11.1 Å². The Hall–Kier alpha value is -4.19. The van der Waals surface area contributed by atoms with Gasteiger partial charge in [0, 0.05) is 57.8 Å². The third-order valence-corrected chi connectivity index (χ3v) is 11.2. The Morgan fingerprint density at radius 1 is 0.667 bits per heavy atom. The van der Waals surface area contributed by atoms with Crippen LogP contribution in [0.4, 0.5) is 0 Å². The highest BCUT2D eigenvalue weighted by Crippen LogP contribution is 2.39. The molecule has 2 fully saturated rings. The van der Waals surface area contributed by atoms with Gasteiger partial charge in [0.05, 0.1) is 23.7 Å². The van der Waals surface area contributed by atoms with Gasteiger partial charge in [-0.15, -0.1) is 0 Å². The molecule has 264 valence electrons. The van der Waals surface area contributed by atoms with E-state index in [-0.39, 0.29) is 30.3 Å². The van der Waals surface area contributed by atoms with E-state index in [2.05, 4.69) is 44.9 Å². The first-order valence-corrected chi connectivity index (χ1v) is 19.1.